The Bertz CT molecular complexity index is 1250. The van der Waals surface area contributed by atoms with Gasteiger partial charge in [-0.3, -0.25) is 34.1 Å². The van der Waals surface area contributed by atoms with Crippen LogP contribution >= 0.6 is 11.6 Å². The van der Waals surface area contributed by atoms with Crippen LogP contribution in [0.25, 0.3) is 0 Å². The first-order valence-corrected chi connectivity index (χ1v) is 10.4. The summed E-state index contributed by atoms with van der Waals surface area (Å²) >= 11 is 5.96. The first-order chi connectivity index (χ1) is 15.7. The van der Waals surface area contributed by atoms with Crippen LogP contribution in [0.1, 0.15) is 35.2 Å². The van der Waals surface area contributed by atoms with Crippen molar-refractivity contribution in [2.75, 3.05) is 5.73 Å². The van der Waals surface area contributed by atoms with Crippen molar-refractivity contribution in [3.05, 3.63) is 26.3 Å². The van der Waals surface area contributed by atoms with E-state index in [1.165, 1.54) is 6.92 Å². The maximum Gasteiger partial charge on any atom is 0.294 e. The third-order valence-electron chi connectivity index (χ3n) is 7.26. The van der Waals surface area contributed by atoms with Crippen LogP contribution in [0.15, 0.2) is 0 Å². The van der Waals surface area contributed by atoms with E-state index in [1.807, 2.05) is 0 Å². The molecule has 4 rings (SSSR count). The number of ketones is 4. The van der Waals surface area contributed by atoms with Gasteiger partial charge in [0.2, 0.25) is 5.91 Å². The van der Waals surface area contributed by atoms with Crippen LogP contribution in [0.3, 0.4) is 0 Å². The Morgan fingerprint density at radius 2 is 1.82 bits per heavy atom. The molecule has 1 aromatic carbocycles. The molecule has 0 bridgehead atoms. The van der Waals surface area contributed by atoms with E-state index in [2.05, 4.69) is 0 Å². The van der Waals surface area contributed by atoms with E-state index < -0.39 is 109 Å². The topological polar surface area (TPSA) is 241 Å². The predicted molar refractivity (Wildman–Crippen MR) is 111 cm³/mol. The van der Waals surface area contributed by atoms with Gasteiger partial charge >= 0.3 is 0 Å². The summed E-state index contributed by atoms with van der Waals surface area (Å²) in [6.45, 7) is 1.32. The van der Waals surface area contributed by atoms with Gasteiger partial charge in [-0.1, -0.05) is 18.5 Å². The first-order valence-electron chi connectivity index (χ1n) is 10.0. The molecule has 0 aromatic heterocycles. The van der Waals surface area contributed by atoms with Crippen LogP contribution in [0.5, 0.6) is 5.75 Å². The quantitative estimate of drug-likeness (QED) is 0.109. The average Bonchev–Trinajstić information content (AvgIpc) is 2.74. The Hall–Kier alpha value is -3.42. The molecule has 0 heterocycles. The maximum absolute atomic E-state index is 13.5. The van der Waals surface area contributed by atoms with E-state index >= 15 is 0 Å². The number of hydrogen-bond donors (Lipinski definition) is 5. The number of aromatic hydroxyl groups is 1. The Labute approximate surface area is 194 Å². The molecule has 0 radical (unpaired) electrons. The van der Waals surface area contributed by atoms with Crippen LogP contribution in [-0.4, -0.2) is 61.0 Å². The molecule has 1 amide bonds. The number of nitro benzene ring substituents is 1. The number of primary amides is 1. The zero-order chi connectivity index (χ0) is 25.6. The minimum atomic E-state index is -3.10. The lowest BCUT2D eigenvalue weighted by molar-refractivity contribution is -0.385. The lowest BCUT2D eigenvalue weighted by atomic mass is 9.50. The van der Waals surface area contributed by atoms with Crippen molar-refractivity contribution in [2.24, 2.45) is 29.4 Å². The molecule has 0 saturated heterocycles. The minimum absolute atomic E-state index is 0.381. The van der Waals surface area contributed by atoms with Gasteiger partial charge < -0.3 is 26.8 Å². The van der Waals surface area contributed by atoms with Crippen molar-refractivity contribution >= 4 is 52.0 Å². The molecule has 13 nitrogen and oxygen atoms in total. The van der Waals surface area contributed by atoms with Crippen LogP contribution < -0.4 is 11.5 Å². The average molecular weight is 496 g/mol. The summed E-state index contributed by atoms with van der Waals surface area (Å²) in [5, 5.41) is 43.8. The number of nitrogens with two attached hydrogens (primary N) is 2. The Balaban J connectivity index is 1.98. The lowest BCUT2D eigenvalue weighted by Crippen LogP contribution is -2.72. The lowest BCUT2D eigenvalue weighted by Gasteiger charge is -2.52. The molecule has 7 atom stereocenters. The molecule has 2 fully saturated rings. The van der Waals surface area contributed by atoms with E-state index in [9.17, 15) is 49.4 Å². The van der Waals surface area contributed by atoms with Crippen molar-refractivity contribution in [3.63, 3.8) is 0 Å². The van der Waals surface area contributed by atoms with Crippen LogP contribution in [0.2, 0.25) is 5.02 Å². The third-order valence-corrected chi connectivity index (χ3v) is 7.64. The molecule has 1 aromatic rings. The SMILES string of the molecule is C[C@@H]1c2c(c(O)c(N)c(Cl)c2[N+](=O)[O-])C(=O)C2C(=O)[C@]3(O)C(=O)C(C(N)=O)C(=O)C[C@@H]3[C@H](O)[C@@H]21. The fourth-order valence-electron chi connectivity index (χ4n) is 5.70. The standard InChI is InChI=1S/C20H18ClN3O10/c1-3-6-9(16(28)12(22)11(21)13(6)24(33)34)15(27)10-7(3)14(26)4-2-5(25)8(19(23)31)17(29)20(4,32)18(10)30/h3-4,7-8,10,14,26,28,32H,2,22H2,1H3,(H2,23,31)/t3-,4-,7-,8?,10?,14+,20-/m1/s1. The van der Waals surface area contributed by atoms with Gasteiger partial charge in [-0.05, 0) is 5.92 Å². The molecule has 180 valence electrons. The van der Waals surface area contributed by atoms with E-state index in [4.69, 9.17) is 23.1 Å². The number of aliphatic hydroxyl groups is 2. The number of Topliss-reactive ketones (excluding diaryl/α,β-unsaturated/α-hetero) is 4. The highest BCUT2D eigenvalue weighted by Gasteiger charge is 2.70. The number of benzene rings is 1. The number of halogens is 1. The number of nitrogens with zero attached hydrogens (tertiary/aromatic N) is 1. The summed E-state index contributed by atoms with van der Waals surface area (Å²) in [5.41, 5.74) is 5.05. The number of phenolic OH excluding ortho intramolecular Hbond substituents is 1. The van der Waals surface area contributed by atoms with Crippen molar-refractivity contribution in [1.29, 1.82) is 0 Å². The number of phenols is 1. The molecule has 2 unspecified atom stereocenters. The van der Waals surface area contributed by atoms with Gasteiger partial charge in [-0.15, -0.1) is 0 Å². The zero-order valence-electron chi connectivity index (χ0n) is 17.4. The predicted octanol–water partition coefficient (Wildman–Crippen LogP) is -0.997. The van der Waals surface area contributed by atoms with E-state index in [-0.39, 0.29) is 5.56 Å². The molecular formula is C20H18ClN3O10. The molecule has 7 N–H and O–H groups in total. The summed E-state index contributed by atoms with van der Waals surface area (Å²) < 4.78 is 0. The van der Waals surface area contributed by atoms with E-state index in [1.54, 1.807) is 0 Å². The molecular weight excluding hydrogens is 478 g/mol. The number of aliphatic hydroxyl groups excluding tert-OH is 1. The summed E-state index contributed by atoms with van der Waals surface area (Å²) in [7, 11) is 0. The number of anilines is 1. The second-order valence-corrected chi connectivity index (χ2v) is 9.15. The van der Waals surface area contributed by atoms with Crippen molar-refractivity contribution < 1.29 is 44.2 Å². The fraction of sp³-hybridized carbons (Fsp3) is 0.450. The summed E-state index contributed by atoms with van der Waals surface area (Å²) in [6.07, 6.45) is -2.64. The fourth-order valence-corrected chi connectivity index (χ4v) is 5.96. The molecule has 0 aliphatic heterocycles. The molecule has 14 heteroatoms. The van der Waals surface area contributed by atoms with E-state index in [0.717, 1.165) is 0 Å². The van der Waals surface area contributed by atoms with Crippen molar-refractivity contribution in [1.82, 2.24) is 0 Å². The number of carbonyl (C=O) groups excluding carboxylic acids is 5. The number of hydrogen-bond acceptors (Lipinski definition) is 11. The summed E-state index contributed by atoms with van der Waals surface area (Å²) in [6, 6.07) is 0. The smallest absolute Gasteiger partial charge is 0.294 e. The van der Waals surface area contributed by atoms with Gasteiger partial charge in [0.05, 0.1) is 22.5 Å². The Kier molecular flexibility index (Phi) is 5.09. The van der Waals surface area contributed by atoms with Gasteiger partial charge in [-0.2, -0.15) is 0 Å². The second-order valence-electron chi connectivity index (χ2n) is 8.78. The van der Waals surface area contributed by atoms with Gasteiger partial charge in [0.25, 0.3) is 5.69 Å². The zero-order valence-corrected chi connectivity index (χ0v) is 18.1. The van der Waals surface area contributed by atoms with Gasteiger partial charge in [0.1, 0.15) is 10.7 Å². The van der Waals surface area contributed by atoms with Crippen LogP contribution in [0, 0.1) is 33.8 Å². The number of fused-ring (bicyclic) bond motifs is 3. The maximum atomic E-state index is 13.5. The Morgan fingerprint density at radius 3 is 2.35 bits per heavy atom. The molecule has 3 aliphatic rings. The Morgan fingerprint density at radius 1 is 1.24 bits per heavy atom. The normalized spacial score (nSPS) is 34.8. The van der Waals surface area contributed by atoms with Crippen LogP contribution in [-0.2, 0) is 19.2 Å². The summed E-state index contributed by atoms with van der Waals surface area (Å²) in [4.78, 5) is 74.7. The van der Waals surface area contributed by atoms with Gasteiger partial charge in [0, 0.05) is 23.8 Å². The second kappa shape index (κ2) is 7.29. The number of rotatable bonds is 2. The first kappa shape index (κ1) is 23.7. The highest BCUT2D eigenvalue weighted by Crippen LogP contribution is 2.57. The highest BCUT2D eigenvalue weighted by atomic mass is 35.5. The molecule has 34 heavy (non-hydrogen) atoms. The molecule has 2 saturated carbocycles. The number of nitro groups is 1. The van der Waals surface area contributed by atoms with Gasteiger partial charge in [-0.25, -0.2) is 0 Å². The van der Waals surface area contributed by atoms with Gasteiger partial charge in [0.15, 0.2) is 40.4 Å². The van der Waals surface area contributed by atoms with Crippen molar-refractivity contribution in [2.45, 2.75) is 31.0 Å². The number of amides is 1. The minimum Gasteiger partial charge on any atom is -0.505 e. The molecule has 0 spiro atoms. The number of nitrogen functional groups attached to an aromatic ring is 1. The monoisotopic (exact) mass is 495 g/mol. The van der Waals surface area contributed by atoms with E-state index in [0.29, 0.717) is 0 Å². The largest absolute Gasteiger partial charge is 0.505 e. The van der Waals surface area contributed by atoms with Crippen molar-refractivity contribution in [3.8, 4) is 5.75 Å². The van der Waals surface area contributed by atoms with Crippen LogP contribution in [0.4, 0.5) is 11.4 Å². The highest BCUT2D eigenvalue weighted by molar-refractivity contribution is 6.37. The number of carbonyl (C=O) groups is 5. The molecule has 3 aliphatic carbocycles. The third kappa shape index (κ3) is 2.65. The summed E-state index contributed by atoms with van der Waals surface area (Å²) in [5.74, 6) is -16.0.